The summed E-state index contributed by atoms with van der Waals surface area (Å²) >= 11 is 0. The predicted octanol–water partition coefficient (Wildman–Crippen LogP) is -0.688. The van der Waals surface area contributed by atoms with Crippen LogP contribution in [0.2, 0.25) is 0 Å². The fourth-order valence-electron chi connectivity index (χ4n) is 2.16. The molecule has 2 aliphatic heterocycles. The van der Waals surface area contributed by atoms with E-state index in [-0.39, 0.29) is 32.5 Å². The second-order valence-corrected chi connectivity index (χ2v) is 4.44. The summed E-state index contributed by atoms with van der Waals surface area (Å²) in [6, 6.07) is 0. The van der Waals surface area contributed by atoms with Crippen molar-refractivity contribution < 1.29 is 34.0 Å². The number of esters is 1. The topological polar surface area (TPSA) is 102 Å². The highest BCUT2D eigenvalue weighted by atomic mass is 16.6. The molecule has 0 bridgehead atoms. The molecule has 0 aliphatic carbocycles. The molecule has 102 valence electrons. The summed E-state index contributed by atoms with van der Waals surface area (Å²) in [5, 5.41) is 17.9. The van der Waals surface area contributed by atoms with E-state index < -0.39 is 36.4 Å². The molecule has 0 radical (unpaired) electrons. The zero-order chi connectivity index (χ0) is 13.1. The number of rotatable bonds is 5. The summed E-state index contributed by atoms with van der Waals surface area (Å²) < 4.78 is 15.8. The maximum atomic E-state index is 11.5. The highest BCUT2D eigenvalue weighted by molar-refractivity contribution is 5.71. The SMILES string of the molecule is O=C(O)CCCC(=O)O[C@@H]1CO[C@H]2[C@@H]1OC[C@@H]2O. The molecular formula is C11H16O7. The summed E-state index contributed by atoms with van der Waals surface area (Å²) in [5.74, 6) is -1.40. The highest BCUT2D eigenvalue weighted by Crippen LogP contribution is 2.28. The number of aliphatic hydroxyl groups excluding tert-OH is 1. The van der Waals surface area contributed by atoms with E-state index >= 15 is 0 Å². The van der Waals surface area contributed by atoms with E-state index in [4.69, 9.17) is 19.3 Å². The van der Waals surface area contributed by atoms with Gasteiger partial charge in [-0.2, -0.15) is 0 Å². The van der Waals surface area contributed by atoms with E-state index in [1.54, 1.807) is 0 Å². The number of carbonyl (C=O) groups excluding carboxylic acids is 1. The Morgan fingerprint density at radius 1 is 1.17 bits per heavy atom. The first-order chi connectivity index (χ1) is 8.58. The van der Waals surface area contributed by atoms with Crippen molar-refractivity contribution in [2.45, 2.75) is 43.7 Å². The Kier molecular flexibility index (Phi) is 4.15. The number of hydrogen-bond donors (Lipinski definition) is 2. The van der Waals surface area contributed by atoms with Gasteiger partial charge >= 0.3 is 11.9 Å². The zero-order valence-corrected chi connectivity index (χ0v) is 9.78. The van der Waals surface area contributed by atoms with Gasteiger partial charge in [0.25, 0.3) is 0 Å². The quantitative estimate of drug-likeness (QED) is 0.631. The van der Waals surface area contributed by atoms with Gasteiger partial charge in [-0.3, -0.25) is 9.59 Å². The summed E-state index contributed by atoms with van der Waals surface area (Å²) in [4.78, 5) is 21.8. The van der Waals surface area contributed by atoms with Crippen LogP contribution in [-0.2, 0) is 23.8 Å². The third-order valence-electron chi connectivity index (χ3n) is 3.04. The van der Waals surface area contributed by atoms with Gasteiger partial charge in [0.1, 0.15) is 18.3 Å². The standard InChI is InChI=1S/C11H16O7/c12-6-4-16-11-7(5-17-10(6)11)18-9(15)3-1-2-8(13)14/h6-7,10-12H,1-5H2,(H,13,14)/t6-,7+,10+,11+/m0/s1. The monoisotopic (exact) mass is 260 g/mol. The minimum atomic E-state index is -0.936. The Balaban J connectivity index is 1.73. The normalized spacial score (nSPS) is 34.3. The van der Waals surface area contributed by atoms with Crippen LogP contribution in [0.5, 0.6) is 0 Å². The lowest BCUT2D eigenvalue weighted by atomic mass is 10.1. The molecule has 0 spiro atoms. The number of aliphatic hydroxyl groups is 1. The van der Waals surface area contributed by atoms with Crippen molar-refractivity contribution in [2.75, 3.05) is 13.2 Å². The number of carboxylic acids is 1. The van der Waals surface area contributed by atoms with Crippen molar-refractivity contribution in [3.8, 4) is 0 Å². The number of fused-ring (bicyclic) bond motifs is 1. The molecule has 2 saturated heterocycles. The van der Waals surface area contributed by atoms with Crippen LogP contribution in [-0.4, -0.2) is 59.8 Å². The van der Waals surface area contributed by atoms with Crippen LogP contribution >= 0.6 is 0 Å². The first-order valence-corrected chi connectivity index (χ1v) is 5.90. The maximum Gasteiger partial charge on any atom is 0.306 e. The molecule has 0 amide bonds. The average Bonchev–Trinajstić information content (AvgIpc) is 2.83. The van der Waals surface area contributed by atoms with Crippen LogP contribution in [0, 0.1) is 0 Å². The Labute approximate surface area is 104 Å². The van der Waals surface area contributed by atoms with Crippen LogP contribution in [0.4, 0.5) is 0 Å². The molecule has 0 aromatic carbocycles. The Morgan fingerprint density at radius 3 is 2.61 bits per heavy atom. The first kappa shape index (κ1) is 13.3. The average molecular weight is 260 g/mol. The van der Waals surface area contributed by atoms with Gasteiger partial charge in [-0.05, 0) is 6.42 Å². The maximum absolute atomic E-state index is 11.5. The van der Waals surface area contributed by atoms with Gasteiger partial charge in [0.05, 0.1) is 13.2 Å². The third kappa shape index (κ3) is 2.98. The molecule has 0 aromatic heterocycles. The van der Waals surface area contributed by atoms with Crippen molar-refractivity contribution in [3.05, 3.63) is 0 Å². The summed E-state index contributed by atoms with van der Waals surface area (Å²) in [6.45, 7) is 0.388. The Bertz CT molecular complexity index is 329. The van der Waals surface area contributed by atoms with Gasteiger partial charge in [0.2, 0.25) is 0 Å². The molecule has 7 heteroatoms. The molecule has 2 rings (SSSR count). The molecule has 18 heavy (non-hydrogen) atoms. The second-order valence-electron chi connectivity index (χ2n) is 4.44. The van der Waals surface area contributed by atoms with Crippen molar-refractivity contribution in [1.29, 1.82) is 0 Å². The Hall–Kier alpha value is -1.18. The molecule has 0 saturated carbocycles. The van der Waals surface area contributed by atoms with Crippen molar-refractivity contribution in [2.24, 2.45) is 0 Å². The second kappa shape index (κ2) is 5.64. The van der Waals surface area contributed by atoms with Gasteiger partial charge < -0.3 is 24.4 Å². The third-order valence-corrected chi connectivity index (χ3v) is 3.04. The number of hydrogen-bond acceptors (Lipinski definition) is 6. The predicted molar refractivity (Wildman–Crippen MR) is 56.9 cm³/mol. The van der Waals surface area contributed by atoms with E-state index in [1.165, 1.54) is 0 Å². The van der Waals surface area contributed by atoms with E-state index in [1.807, 2.05) is 0 Å². The highest BCUT2D eigenvalue weighted by Gasteiger charge is 2.48. The number of carbonyl (C=O) groups is 2. The minimum Gasteiger partial charge on any atom is -0.481 e. The molecule has 0 aromatic rings. The molecule has 2 fully saturated rings. The summed E-state index contributed by atoms with van der Waals surface area (Å²) in [5.41, 5.74) is 0. The van der Waals surface area contributed by atoms with Crippen LogP contribution in [0.15, 0.2) is 0 Å². The van der Waals surface area contributed by atoms with Crippen LogP contribution in [0.1, 0.15) is 19.3 Å². The van der Waals surface area contributed by atoms with Gasteiger partial charge in [-0.25, -0.2) is 0 Å². The summed E-state index contributed by atoms with van der Waals surface area (Å²) in [6.07, 6.45) is -1.78. The molecule has 7 nitrogen and oxygen atoms in total. The van der Waals surface area contributed by atoms with Crippen molar-refractivity contribution >= 4 is 11.9 Å². The zero-order valence-electron chi connectivity index (χ0n) is 9.78. The van der Waals surface area contributed by atoms with Gasteiger partial charge in [0.15, 0.2) is 6.10 Å². The van der Waals surface area contributed by atoms with Crippen molar-refractivity contribution in [3.63, 3.8) is 0 Å². The largest absolute Gasteiger partial charge is 0.481 e. The summed E-state index contributed by atoms with van der Waals surface area (Å²) in [7, 11) is 0. The van der Waals surface area contributed by atoms with E-state index in [0.29, 0.717) is 0 Å². The van der Waals surface area contributed by atoms with Gasteiger partial charge in [-0.1, -0.05) is 0 Å². The smallest absolute Gasteiger partial charge is 0.306 e. The van der Waals surface area contributed by atoms with Gasteiger partial charge in [0, 0.05) is 12.8 Å². The molecule has 2 aliphatic rings. The molecule has 4 atom stereocenters. The fraction of sp³-hybridized carbons (Fsp3) is 0.818. The number of aliphatic carboxylic acids is 1. The van der Waals surface area contributed by atoms with E-state index in [9.17, 15) is 14.7 Å². The lowest BCUT2D eigenvalue weighted by Crippen LogP contribution is -2.34. The first-order valence-electron chi connectivity index (χ1n) is 5.90. The minimum absolute atomic E-state index is 0.0580. The fourth-order valence-corrected chi connectivity index (χ4v) is 2.16. The molecular weight excluding hydrogens is 244 g/mol. The van der Waals surface area contributed by atoms with Crippen LogP contribution < -0.4 is 0 Å². The van der Waals surface area contributed by atoms with Crippen LogP contribution in [0.3, 0.4) is 0 Å². The van der Waals surface area contributed by atoms with E-state index in [0.717, 1.165) is 0 Å². The number of carboxylic acid groups (broad SMARTS) is 1. The van der Waals surface area contributed by atoms with E-state index in [2.05, 4.69) is 0 Å². The van der Waals surface area contributed by atoms with Crippen molar-refractivity contribution in [1.82, 2.24) is 0 Å². The lowest BCUT2D eigenvalue weighted by molar-refractivity contribution is -0.154. The lowest BCUT2D eigenvalue weighted by Gasteiger charge is -2.16. The Morgan fingerprint density at radius 2 is 1.89 bits per heavy atom. The number of ether oxygens (including phenoxy) is 3. The van der Waals surface area contributed by atoms with Gasteiger partial charge in [-0.15, -0.1) is 0 Å². The molecule has 2 N–H and O–H groups in total. The molecule has 0 unspecified atom stereocenters. The van der Waals surface area contributed by atoms with Crippen LogP contribution in [0.25, 0.3) is 0 Å². The molecule has 2 heterocycles.